The van der Waals surface area contributed by atoms with Crippen LogP contribution in [0.5, 0.6) is 0 Å². The summed E-state index contributed by atoms with van der Waals surface area (Å²) >= 11 is 0. The lowest BCUT2D eigenvalue weighted by atomic mass is 10.1. The molecule has 0 spiro atoms. The first-order valence-corrected chi connectivity index (χ1v) is 6.41. The lowest BCUT2D eigenvalue weighted by molar-refractivity contribution is 0.0953. The van der Waals surface area contributed by atoms with Gasteiger partial charge in [0.15, 0.2) is 0 Å². The summed E-state index contributed by atoms with van der Waals surface area (Å²) in [5.41, 5.74) is 7.34. The molecule has 1 aromatic heterocycles. The van der Waals surface area contributed by atoms with Crippen molar-refractivity contribution in [3.05, 3.63) is 41.8 Å². The fourth-order valence-electron chi connectivity index (χ4n) is 1.80. The molecular formula is C14H18ClFN4O. The number of hydrogen-bond acceptors (Lipinski definition) is 3. The fourth-order valence-corrected chi connectivity index (χ4v) is 1.80. The van der Waals surface area contributed by atoms with Crippen molar-refractivity contribution >= 4 is 18.3 Å². The zero-order valence-corrected chi connectivity index (χ0v) is 12.4. The van der Waals surface area contributed by atoms with E-state index < -0.39 is 0 Å². The quantitative estimate of drug-likeness (QED) is 0.790. The molecule has 2 aromatic rings. The van der Waals surface area contributed by atoms with Crippen molar-refractivity contribution in [3.8, 4) is 11.3 Å². The van der Waals surface area contributed by atoms with Gasteiger partial charge in [0.05, 0.1) is 17.5 Å². The molecular weight excluding hydrogens is 295 g/mol. The number of nitrogens with two attached hydrogens (primary N) is 1. The van der Waals surface area contributed by atoms with Crippen molar-refractivity contribution < 1.29 is 9.18 Å². The van der Waals surface area contributed by atoms with Crippen LogP contribution in [-0.4, -0.2) is 28.7 Å². The number of halogens is 2. The molecule has 114 valence electrons. The molecule has 1 amide bonds. The number of H-pyrrole nitrogens is 1. The summed E-state index contributed by atoms with van der Waals surface area (Å²) in [4.78, 5) is 12.1. The maximum Gasteiger partial charge on any atom is 0.255 e. The van der Waals surface area contributed by atoms with E-state index in [2.05, 4.69) is 15.5 Å². The number of rotatable bonds is 5. The highest BCUT2D eigenvalue weighted by atomic mass is 35.5. The molecule has 1 aromatic carbocycles. The zero-order valence-electron chi connectivity index (χ0n) is 11.6. The second kappa shape index (κ2) is 7.75. The number of amides is 1. The first-order valence-electron chi connectivity index (χ1n) is 6.41. The standard InChI is InChI=1S/C14H17FN4O.ClH/c1-9(16)6-7-17-14(20)12-8-18-19-13(12)10-2-4-11(15)5-3-10;/h2-5,8-9H,6-7,16H2,1H3,(H,17,20)(H,18,19);1H. The molecule has 1 heterocycles. The Bertz CT molecular complexity index is 583. The monoisotopic (exact) mass is 312 g/mol. The van der Waals surface area contributed by atoms with Crippen LogP contribution in [0, 0.1) is 5.82 Å². The van der Waals surface area contributed by atoms with Gasteiger partial charge in [0.1, 0.15) is 5.82 Å². The van der Waals surface area contributed by atoms with Gasteiger partial charge in [-0.25, -0.2) is 4.39 Å². The summed E-state index contributed by atoms with van der Waals surface area (Å²) in [6, 6.07) is 5.92. The van der Waals surface area contributed by atoms with Gasteiger partial charge in [0.2, 0.25) is 0 Å². The lowest BCUT2D eigenvalue weighted by Gasteiger charge is -2.07. The highest BCUT2D eigenvalue weighted by molar-refractivity contribution is 5.99. The second-order valence-electron chi connectivity index (χ2n) is 4.69. The molecule has 0 aliphatic carbocycles. The predicted octanol–water partition coefficient (Wildman–Crippen LogP) is 2.10. The molecule has 0 saturated heterocycles. The number of aromatic nitrogens is 2. The van der Waals surface area contributed by atoms with Crippen LogP contribution in [0.4, 0.5) is 4.39 Å². The summed E-state index contributed by atoms with van der Waals surface area (Å²) in [7, 11) is 0. The van der Waals surface area contributed by atoms with Crippen LogP contribution >= 0.6 is 12.4 Å². The average Bonchev–Trinajstić information content (AvgIpc) is 2.88. The molecule has 2 rings (SSSR count). The van der Waals surface area contributed by atoms with Crippen molar-refractivity contribution in [1.82, 2.24) is 15.5 Å². The highest BCUT2D eigenvalue weighted by Gasteiger charge is 2.14. The van der Waals surface area contributed by atoms with E-state index in [0.717, 1.165) is 0 Å². The molecule has 4 N–H and O–H groups in total. The Labute approximate surface area is 128 Å². The zero-order chi connectivity index (χ0) is 14.5. The third-order valence-electron chi connectivity index (χ3n) is 2.90. The van der Waals surface area contributed by atoms with E-state index in [1.807, 2.05) is 6.92 Å². The van der Waals surface area contributed by atoms with Crippen molar-refractivity contribution in [2.75, 3.05) is 6.54 Å². The van der Waals surface area contributed by atoms with Crippen LogP contribution in [0.2, 0.25) is 0 Å². The number of nitrogens with zero attached hydrogens (tertiary/aromatic N) is 1. The van der Waals surface area contributed by atoms with Crippen LogP contribution in [0.3, 0.4) is 0 Å². The van der Waals surface area contributed by atoms with Crippen LogP contribution < -0.4 is 11.1 Å². The number of carbonyl (C=O) groups is 1. The van der Waals surface area contributed by atoms with E-state index in [1.54, 1.807) is 12.1 Å². The second-order valence-corrected chi connectivity index (χ2v) is 4.69. The molecule has 0 saturated carbocycles. The Morgan fingerprint density at radius 2 is 2.10 bits per heavy atom. The molecule has 0 fully saturated rings. The van der Waals surface area contributed by atoms with Gasteiger partial charge in [0, 0.05) is 18.2 Å². The van der Waals surface area contributed by atoms with Gasteiger partial charge < -0.3 is 11.1 Å². The molecule has 0 aliphatic rings. The Balaban J connectivity index is 0.00000220. The highest BCUT2D eigenvalue weighted by Crippen LogP contribution is 2.21. The van der Waals surface area contributed by atoms with Crippen LogP contribution in [0.1, 0.15) is 23.7 Å². The van der Waals surface area contributed by atoms with Gasteiger partial charge in [-0.15, -0.1) is 12.4 Å². The Hall–Kier alpha value is -1.92. The molecule has 1 atom stereocenters. The number of nitrogens with one attached hydrogen (secondary N) is 2. The average molecular weight is 313 g/mol. The van der Waals surface area contributed by atoms with E-state index in [9.17, 15) is 9.18 Å². The fraction of sp³-hybridized carbons (Fsp3) is 0.286. The van der Waals surface area contributed by atoms with Crippen LogP contribution in [0.25, 0.3) is 11.3 Å². The van der Waals surface area contributed by atoms with Crippen molar-refractivity contribution in [2.24, 2.45) is 5.73 Å². The molecule has 1 unspecified atom stereocenters. The van der Waals surface area contributed by atoms with Gasteiger partial charge in [-0.3, -0.25) is 9.89 Å². The summed E-state index contributed by atoms with van der Waals surface area (Å²) in [5.74, 6) is -0.546. The van der Waals surface area contributed by atoms with E-state index in [-0.39, 0.29) is 30.2 Å². The predicted molar refractivity (Wildman–Crippen MR) is 81.8 cm³/mol. The number of carbonyl (C=O) groups excluding carboxylic acids is 1. The van der Waals surface area contributed by atoms with Crippen molar-refractivity contribution in [1.29, 1.82) is 0 Å². The number of benzene rings is 1. The minimum atomic E-state index is -0.323. The maximum atomic E-state index is 12.9. The summed E-state index contributed by atoms with van der Waals surface area (Å²) < 4.78 is 12.9. The van der Waals surface area contributed by atoms with E-state index in [4.69, 9.17) is 5.73 Å². The van der Waals surface area contributed by atoms with E-state index >= 15 is 0 Å². The van der Waals surface area contributed by atoms with Gasteiger partial charge >= 0.3 is 0 Å². The molecule has 0 bridgehead atoms. The molecule has 7 heteroatoms. The Kier molecular flexibility index (Phi) is 6.33. The van der Waals surface area contributed by atoms with Gasteiger partial charge in [-0.2, -0.15) is 5.10 Å². The normalized spacial score (nSPS) is 11.6. The van der Waals surface area contributed by atoms with Crippen molar-refractivity contribution in [3.63, 3.8) is 0 Å². The van der Waals surface area contributed by atoms with E-state index in [0.29, 0.717) is 29.8 Å². The first kappa shape index (κ1) is 17.1. The molecule has 0 radical (unpaired) electrons. The minimum absolute atomic E-state index is 0. The number of aromatic amines is 1. The largest absolute Gasteiger partial charge is 0.352 e. The number of hydrogen-bond donors (Lipinski definition) is 3. The Morgan fingerprint density at radius 3 is 2.71 bits per heavy atom. The summed E-state index contributed by atoms with van der Waals surface area (Å²) in [6.45, 7) is 2.39. The third kappa shape index (κ3) is 4.54. The summed E-state index contributed by atoms with van der Waals surface area (Å²) in [5, 5.41) is 9.43. The lowest BCUT2D eigenvalue weighted by Crippen LogP contribution is -2.29. The first-order chi connectivity index (χ1) is 9.58. The van der Waals surface area contributed by atoms with Gasteiger partial charge in [-0.05, 0) is 37.6 Å². The van der Waals surface area contributed by atoms with E-state index in [1.165, 1.54) is 18.3 Å². The van der Waals surface area contributed by atoms with Crippen LogP contribution in [-0.2, 0) is 0 Å². The third-order valence-corrected chi connectivity index (χ3v) is 2.90. The minimum Gasteiger partial charge on any atom is -0.352 e. The van der Waals surface area contributed by atoms with Crippen molar-refractivity contribution in [2.45, 2.75) is 19.4 Å². The molecule has 5 nitrogen and oxygen atoms in total. The summed E-state index contributed by atoms with van der Waals surface area (Å²) in [6.07, 6.45) is 2.16. The van der Waals surface area contributed by atoms with Gasteiger partial charge in [0.25, 0.3) is 5.91 Å². The van der Waals surface area contributed by atoms with Crippen LogP contribution in [0.15, 0.2) is 30.5 Å². The maximum absolute atomic E-state index is 12.9. The SMILES string of the molecule is CC(N)CCNC(=O)c1cn[nH]c1-c1ccc(F)cc1.Cl. The smallest absolute Gasteiger partial charge is 0.255 e. The topological polar surface area (TPSA) is 83.8 Å². The Morgan fingerprint density at radius 1 is 1.43 bits per heavy atom. The van der Waals surface area contributed by atoms with Gasteiger partial charge in [-0.1, -0.05) is 0 Å². The molecule has 21 heavy (non-hydrogen) atoms. The molecule has 0 aliphatic heterocycles.